The Kier molecular flexibility index (Phi) is 3.64. The summed E-state index contributed by atoms with van der Waals surface area (Å²) in [5.74, 6) is 2.69. The minimum Gasteiger partial charge on any atom is -0.493 e. The van der Waals surface area contributed by atoms with Gasteiger partial charge in [-0.05, 0) is 36.0 Å². The van der Waals surface area contributed by atoms with Crippen molar-refractivity contribution in [1.29, 1.82) is 0 Å². The molecule has 3 atom stereocenters. The lowest BCUT2D eigenvalue weighted by molar-refractivity contribution is 0.0125. The van der Waals surface area contributed by atoms with E-state index in [-0.39, 0.29) is 0 Å². The Labute approximate surface area is 127 Å². The number of rotatable bonds is 3. The smallest absolute Gasteiger partial charge is 0.122 e. The molecule has 0 amide bonds. The fourth-order valence-electron chi connectivity index (χ4n) is 4.53. The predicted molar refractivity (Wildman–Crippen MR) is 82.5 cm³/mol. The van der Waals surface area contributed by atoms with Gasteiger partial charge in [-0.1, -0.05) is 18.6 Å². The SMILES string of the molecule is CO[C@@H]1CCC[C@@H]2CN(Cc3ccc4c(c3)CCO4)C[C@@H]21. The zero-order chi connectivity index (χ0) is 14.2. The highest BCUT2D eigenvalue weighted by Crippen LogP contribution is 2.38. The van der Waals surface area contributed by atoms with Gasteiger partial charge in [0.25, 0.3) is 0 Å². The number of methoxy groups -OCH3 is 1. The molecule has 0 radical (unpaired) electrons. The molecule has 0 N–H and O–H groups in total. The average molecular weight is 287 g/mol. The molecule has 2 heterocycles. The monoisotopic (exact) mass is 287 g/mol. The second kappa shape index (κ2) is 5.62. The molecule has 114 valence electrons. The first kappa shape index (κ1) is 13.6. The van der Waals surface area contributed by atoms with Crippen molar-refractivity contribution in [3.63, 3.8) is 0 Å². The standard InChI is InChI=1S/C18H25NO2/c1-20-18-4-2-3-15-11-19(12-16(15)18)10-13-5-6-17-14(9-13)7-8-21-17/h5-6,9,15-16,18H,2-4,7-8,10-12H2,1H3/t15-,16+,18-/m1/s1. The molecule has 0 unspecified atom stereocenters. The van der Waals surface area contributed by atoms with E-state index in [2.05, 4.69) is 23.1 Å². The maximum Gasteiger partial charge on any atom is 0.122 e. The molecular formula is C18H25NO2. The maximum atomic E-state index is 5.72. The van der Waals surface area contributed by atoms with Crippen LogP contribution < -0.4 is 4.74 Å². The lowest BCUT2D eigenvalue weighted by Crippen LogP contribution is -2.33. The summed E-state index contributed by atoms with van der Waals surface area (Å²) in [6, 6.07) is 6.73. The van der Waals surface area contributed by atoms with E-state index in [4.69, 9.17) is 9.47 Å². The number of fused-ring (bicyclic) bond motifs is 2. The summed E-state index contributed by atoms with van der Waals surface area (Å²) >= 11 is 0. The normalized spacial score (nSPS) is 31.8. The van der Waals surface area contributed by atoms with E-state index in [1.165, 1.54) is 43.5 Å². The molecule has 0 aromatic heterocycles. The van der Waals surface area contributed by atoms with Gasteiger partial charge in [-0.2, -0.15) is 0 Å². The van der Waals surface area contributed by atoms with Gasteiger partial charge in [0.2, 0.25) is 0 Å². The summed E-state index contributed by atoms with van der Waals surface area (Å²) in [4.78, 5) is 2.63. The molecule has 1 saturated heterocycles. The first-order valence-corrected chi connectivity index (χ1v) is 8.33. The molecular weight excluding hydrogens is 262 g/mol. The molecule has 21 heavy (non-hydrogen) atoms. The Bertz CT molecular complexity index is 516. The Hall–Kier alpha value is -1.06. The second-order valence-electron chi connectivity index (χ2n) is 6.86. The number of nitrogens with zero attached hydrogens (tertiary/aromatic N) is 1. The third-order valence-electron chi connectivity index (χ3n) is 5.57. The zero-order valence-corrected chi connectivity index (χ0v) is 12.9. The van der Waals surface area contributed by atoms with Crippen LogP contribution >= 0.6 is 0 Å². The summed E-state index contributed by atoms with van der Waals surface area (Å²) in [5, 5.41) is 0. The fraction of sp³-hybridized carbons (Fsp3) is 0.667. The Balaban J connectivity index is 1.44. The highest BCUT2D eigenvalue weighted by atomic mass is 16.5. The van der Waals surface area contributed by atoms with Crippen LogP contribution in [-0.2, 0) is 17.7 Å². The van der Waals surface area contributed by atoms with Crippen LogP contribution in [-0.4, -0.2) is 37.8 Å². The summed E-state index contributed by atoms with van der Waals surface area (Å²) in [7, 11) is 1.89. The first-order valence-electron chi connectivity index (χ1n) is 8.33. The van der Waals surface area contributed by atoms with E-state index in [0.717, 1.165) is 37.2 Å². The van der Waals surface area contributed by atoms with Crippen molar-refractivity contribution in [1.82, 2.24) is 4.90 Å². The van der Waals surface area contributed by atoms with E-state index >= 15 is 0 Å². The molecule has 3 heteroatoms. The second-order valence-corrected chi connectivity index (χ2v) is 6.86. The molecule has 3 aliphatic rings. The molecule has 1 aromatic rings. The van der Waals surface area contributed by atoms with Gasteiger partial charge in [0.05, 0.1) is 12.7 Å². The molecule has 0 bridgehead atoms. The topological polar surface area (TPSA) is 21.7 Å². The van der Waals surface area contributed by atoms with Crippen LogP contribution in [0.5, 0.6) is 5.75 Å². The van der Waals surface area contributed by atoms with Crippen molar-refractivity contribution >= 4 is 0 Å². The molecule has 0 spiro atoms. The van der Waals surface area contributed by atoms with Crippen LogP contribution in [0.2, 0.25) is 0 Å². The van der Waals surface area contributed by atoms with Gasteiger partial charge in [-0.25, -0.2) is 0 Å². The third-order valence-corrected chi connectivity index (χ3v) is 5.57. The van der Waals surface area contributed by atoms with Gasteiger partial charge >= 0.3 is 0 Å². The number of hydrogen-bond acceptors (Lipinski definition) is 3. The molecule has 1 saturated carbocycles. The van der Waals surface area contributed by atoms with Crippen molar-refractivity contribution in [3.8, 4) is 5.75 Å². The van der Waals surface area contributed by atoms with Gasteiger partial charge in [0.1, 0.15) is 5.75 Å². The summed E-state index contributed by atoms with van der Waals surface area (Å²) in [6.07, 6.45) is 5.53. The number of likely N-dealkylation sites (tertiary alicyclic amines) is 1. The Morgan fingerprint density at radius 1 is 1.29 bits per heavy atom. The Morgan fingerprint density at radius 3 is 3.14 bits per heavy atom. The van der Waals surface area contributed by atoms with Crippen molar-refractivity contribution in [3.05, 3.63) is 29.3 Å². The summed E-state index contributed by atoms with van der Waals surface area (Å²) in [6.45, 7) is 4.38. The van der Waals surface area contributed by atoms with Crippen LogP contribution in [0.15, 0.2) is 18.2 Å². The van der Waals surface area contributed by atoms with Gasteiger partial charge < -0.3 is 9.47 Å². The molecule has 2 fully saturated rings. The fourth-order valence-corrected chi connectivity index (χ4v) is 4.53. The Morgan fingerprint density at radius 2 is 2.24 bits per heavy atom. The highest BCUT2D eigenvalue weighted by Gasteiger charge is 2.40. The van der Waals surface area contributed by atoms with E-state index in [1.807, 2.05) is 7.11 Å². The van der Waals surface area contributed by atoms with Crippen LogP contribution in [0.1, 0.15) is 30.4 Å². The van der Waals surface area contributed by atoms with Crippen LogP contribution in [0.25, 0.3) is 0 Å². The number of benzene rings is 1. The summed E-state index contributed by atoms with van der Waals surface area (Å²) in [5.41, 5.74) is 2.82. The highest BCUT2D eigenvalue weighted by molar-refractivity contribution is 5.39. The van der Waals surface area contributed by atoms with Gasteiger partial charge in [-0.15, -0.1) is 0 Å². The third kappa shape index (κ3) is 2.58. The molecule has 3 nitrogen and oxygen atoms in total. The zero-order valence-electron chi connectivity index (χ0n) is 12.9. The van der Waals surface area contributed by atoms with Crippen molar-refractivity contribution < 1.29 is 9.47 Å². The number of ether oxygens (including phenoxy) is 2. The minimum absolute atomic E-state index is 0.488. The molecule has 1 aliphatic carbocycles. The lowest BCUT2D eigenvalue weighted by Gasteiger charge is -2.31. The van der Waals surface area contributed by atoms with Crippen LogP contribution in [0.3, 0.4) is 0 Å². The van der Waals surface area contributed by atoms with Crippen molar-refractivity contribution in [2.75, 3.05) is 26.8 Å². The van der Waals surface area contributed by atoms with E-state index in [9.17, 15) is 0 Å². The predicted octanol–water partition coefficient (Wildman–Crippen LogP) is 2.87. The quantitative estimate of drug-likeness (QED) is 0.853. The van der Waals surface area contributed by atoms with Gasteiger partial charge in [0.15, 0.2) is 0 Å². The van der Waals surface area contributed by atoms with Gasteiger partial charge in [0, 0.05) is 39.1 Å². The van der Waals surface area contributed by atoms with Gasteiger partial charge in [-0.3, -0.25) is 4.90 Å². The van der Waals surface area contributed by atoms with Crippen molar-refractivity contribution in [2.24, 2.45) is 11.8 Å². The average Bonchev–Trinajstić information content (AvgIpc) is 3.11. The minimum atomic E-state index is 0.488. The van der Waals surface area contributed by atoms with Crippen LogP contribution in [0, 0.1) is 11.8 Å². The van der Waals surface area contributed by atoms with Crippen molar-refractivity contribution in [2.45, 2.75) is 38.3 Å². The molecule has 4 rings (SSSR count). The number of hydrogen-bond donors (Lipinski definition) is 0. The van der Waals surface area contributed by atoms with Crippen LogP contribution in [0.4, 0.5) is 0 Å². The largest absolute Gasteiger partial charge is 0.493 e. The van der Waals surface area contributed by atoms with E-state index in [0.29, 0.717) is 6.10 Å². The maximum absolute atomic E-state index is 5.72. The lowest BCUT2D eigenvalue weighted by atomic mass is 9.79. The molecule has 1 aromatic carbocycles. The molecule has 2 aliphatic heterocycles. The van der Waals surface area contributed by atoms with E-state index < -0.39 is 0 Å². The first-order chi connectivity index (χ1) is 10.3. The summed E-state index contributed by atoms with van der Waals surface area (Å²) < 4.78 is 11.3. The van der Waals surface area contributed by atoms with E-state index in [1.54, 1.807) is 0 Å².